The molecule has 3 fully saturated rings. The van der Waals surface area contributed by atoms with E-state index in [1.165, 1.54) is 51.6 Å². The maximum Gasteiger partial charge on any atom is 0.0361 e. The highest BCUT2D eigenvalue weighted by molar-refractivity contribution is 5.04. The summed E-state index contributed by atoms with van der Waals surface area (Å²) in [5.74, 6) is 0.990. The zero-order chi connectivity index (χ0) is 12.8. The topological polar surface area (TPSA) is 32.5 Å². The molecule has 1 heterocycles. The molecule has 2 unspecified atom stereocenters. The van der Waals surface area contributed by atoms with Gasteiger partial charge in [0.1, 0.15) is 0 Å². The van der Waals surface area contributed by atoms with Crippen LogP contribution in [0.15, 0.2) is 0 Å². The molecule has 0 amide bonds. The monoisotopic (exact) mass is 251 g/mol. The maximum absolute atomic E-state index is 6.25. The van der Waals surface area contributed by atoms with Gasteiger partial charge in [0.2, 0.25) is 0 Å². The molecule has 18 heavy (non-hydrogen) atoms. The van der Waals surface area contributed by atoms with Gasteiger partial charge in [-0.15, -0.1) is 0 Å². The number of nitrogens with zero attached hydrogens (tertiary/aromatic N) is 2. The third-order valence-electron chi connectivity index (χ3n) is 5.49. The maximum atomic E-state index is 6.25. The van der Waals surface area contributed by atoms with Crippen LogP contribution in [0.2, 0.25) is 0 Å². The van der Waals surface area contributed by atoms with Gasteiger partial charge in [-0.25, -0.2) is 0 Å². The van der Waals surface area contributed by atoms with Crippen molar-refractivity contribution in [3.8, 4) is 0 Å². The summed E-state index contributed by atoms with van der Waals surface area (Å²) in [5.41, 5.74) is 6.56. The first-order chi connectivity index (χ1) is 8.64. The Morgan fingerprint density at radius 1 is 1.28 bits per heavy atom. The first kappa shape index (κ1) is 12.9. The third kappa shape index (κ3) is 2.45. The molecule has 3 nitrogen and oxygen atoms in total. The molecule has 104 valence electrons. The highest BCUT2D eigenvalue weighted by Gasteiger charge is 2.47. The summed E-state index contributed by atoms with van der Waals surface area (Å²) in [6.45, 7) is 5.77. The molecule has 2 atom stereocenters. The van der Waals surface area contributed by atoms with Gasteiger partial charge in [-0.2, -0.15) is 0 Å². The van der Waals surface area contributed by atoms with Crippen LogP contribution < -0.4 is 5.73 Å². The van der Waals surface area contributed by atoms with Crippen molar-refractivity contribution in [2.75, 3.05) is 26.7 Å². The van der Waals surface area contributed by atoms with Crippen LogP contribution in [-0.2, 0) is 0 Å². The Balaban J connectivity index is 1.74. The lowest BCUT2D eigenvalue weighted by atomic mass is 9.81. The van der Waals surface area contributed by atoms with Crippen molar-refractivity contribution in [2.45, 2.75) is 63.1 Å². The first-order valence-electron chi connectivity index (χ1n) is 7.82. The smallest absolute Gasteiger partial charge is 0.0361 e. The van der Waals surface area contributed by atoms with Crippen LogP contribution in [0.1, 0.15) is 45.4 Å². The molecule has 0 bridgehead atoms. The summed E-state index contributed by atoms with van der Waals surface area (Å²) >= 11 is 0. The van der Waals surface area contributed by atoms with Gasteiger partial charge in [-0.1, -0.05) is 0 Å². The first-order valence-corrected chi connectivity index (χ1v) is 7.82. The predicted octanol–water partition coefficient (Wildman–Crippen LogP) is 1.67. The molecular weight excluding hydrogens is 222 g/mol. The lowest BCUT2D eigenvalue weighted by molar-refractivity contribution is 0.00177. The minimum atomic E-state index is 0.315. The van der Waals surface area contributed by atoms with E-state index in [4.69, 9.17) is 5.73 Å². The normalized spacial score (nSPS) is 38.3. The molecule has 1 saturated heterocycles. The van der Waals surface area contributed by atoms with Crippen molar-refractivity contribution in [1.82, 2.24) is 9.80 Å². The van der Waals surface area contributed by atoms with Crippen molar-refractivity contribution >= 4 is 0 Å². The Hall–Kier alpha value is -0.120. The van der Waals surface area contributed by atoms with E-state index >= 15 is 0 Å². The van der Waals surface area contributed by atoms with Crippen molar-refractivity contribution in [3.63, 3.8) is 0 Å². The number of nitrogens with two attached hydrogens (primary N) is 1. The lowest BCUT2D eigenvalue weighted by Gasteiger charge is -2.51. The van der Waals surface area contributed by atoms with E-state index in [9.17, 15) is 0 Å². The van der Waals surface area contributed by atoms with Crippen molar-refractivity contribution in [1.29, 1.82) is 0 Å². The quantitative estimate of drug-likeness (QED) is 0.807. The van der Waals surface area contributed by atoms with Crippen LogP contribution in [-0.4, -0.2) is 54.1 Å². The minimum absolute atomic E-state index is 0.315. The number of rotatable bonds is 5. The van der Waals surface area contributed by atoms with E-state index in [1.807, 2.05) is 0 Å². The van der Waals surface area contributed by atoms with Crippen LogP contribution in [0.4, 0.5) is 0 Å². The molecule has 2 aliphatic carbocycles. The lowest BCUT2D eigenvalue weighted by Crippen LogP contribution is -2.62. The molecule has 0 aromatic rings. The summed E-state index contributed by atoms with van der Waals surface area (Å²) in [4.78, 5) is 5.34. The van der Waals surface area contributed by atoms with Gasteiger partial charge in [0.15, 0.2) is 0 Å². The second-order valence-electron chi connectivity index (χ2n) is 7.04. The summed E-state index contributed by atoms with van der Waals surface area (Å²) in [6, 6.07) is 1.55. The zero-order valence-electron chi connectivity index (χ0n) is 12.1. The van der Waals surface area contributed by atoms with Crippen molar-refractivity contribution in [2.24, 2.45) is 11.7 Å². The van der Waals surface area contributed by atoms with Crippen molar-refractivity contribution in [3.05, 3.63) is 0 Å². The molecular formula is C15H29N3. The van der Waals surface area contributed by atoms with E-state index in [-0.39, 0.29) is 0 Å². The molecule has 0 spiro atoms. The minimum Gasteiger partial charge on any atom is -0.329 e. The Labute approximate surface area is 112 Å². The van der Waals surface area contributed by atoms with Crippen LogP contribution in [0, 0.1) is 5.92 Å². The molecule has 2 N–H and O–H groups in total. The molecule has 3 aliphatic rings. The number of hydrogen-bond donors (Lipinski definition) is 1. The second-order valence-corrected chi connectivity index (χ2v) is 7.04. The number of likely N-dealkylation sites (tertiary alicyclic amines) is 1. The zero-order valence-corrected chi connectivity index (χ0v) is 12.1. The Morgan fingerprint density at radius 3 is 2.50 bits per heavy atom. The van der Waals surface area contributed by atoms with Crippen LogP contribution in [0.3, 0.4) is 0 Å². The second kappa shape index (κ2) is 4.77. The molecule has 0 aromatic carbocycles. The SMILES string of the molecule is CC1CC(CN)(N(CC2CC2)C2CC2)CCN1C. The average Bonchev–Trinajstić information content (AvgIpc) is 3.23. The van der Waals surface area contributed by atoms with E-state index in [0.29, 0.717) is 11.6 Å². The fourth-order valence-corrected chi connectivity index (χ4v) is 3.67. The van der Waals surface area contributed by atoms with E-state index in [0.717, 1.165) is 18.5 Å². The van der Waals surface area contributed by atoms with Gasteiger partial charge in [0.25, 0.3) is 0 Å². The van der Waals surface area contributed by atoms with E-state index < -0.39 is 0 Å². The summed E-state index contributed by atoms with van der Waals surface area (Å²) in [5, 5.41) is 0. The van der Waals surface area contributed by atoms with Gasteiger partial charge >= 0.3 is 0 Å². The predicted molar refractivity (Wildman–Crippen MR) is 75.6 cm³/mol. The fourth-order valence-electron chi connectivity index (χ4n) is 3.67. The Bertz CT molecular complexity index is 298. The number of hydrogen-bond acceptors (Lipinski definition) is 3. The molecule has 2 saturated carbocycles. The highest BCUT2D eigenvalue weighted by atomic mass is 15.3. The molecule has 3 rings (SSSR count). The molecule has 0 radical (unpaired) electrons. The summed E-state index contributed by atoms with van der Waals surface area (Å²) < 4.78 is 0. The van der Waals surface area contributed by atoms with Crippen LogP contribution >= 0.6 is 0 Å². The molecule has 0 aromatic heterocycles. The highest BCUT2D eigenvalue weighted by Crippen LogP contribution is 2.42. The Morgan fingerprint density at radius 2 is 2.00 bits per heavy atom. The number of piperidine rings is 1. The molecule has 3 heteroatoms. The molecule has 1 aliphatic heterocycles. The van der Waals surface area contributed by atoms with E-state index in [2.05, 4.69) is 23.8 Å². The largest absolute Gasteiger partial charge is 0.329 e. The van der Waals surface area contributed by atoms with Gasteiger partial charge in [-0.3, -0.25) is 4.90 Å². The van der Waals surface area contributed by atoms with Gasteiger partial charge < -0.3 is 10.6 Å². The van der Waals surface area contributed by atoms with Crippen LogP contribution in [0.5, 0.6) is 0 Å². The fraction of sp³-hybridized carbons (Fsp3) is 1.00. The van der Waals surface area contributed by atoms with Gasteiger partial charge in [-0.05, 0) is 65.0 Å². The van der Waals surface area contributed by atoms with Gasteiger partial charge in [0.05, 0.1) is 0 Å². The van der Waals surface area contributed by atoms with Crippen molar-refractivity contribution < 1.29 is 0 Å². The standard InChI is InChI=1S/C15H29N3/c1-12-9-15(11-16,7-8-17(12)2)18(14-5-6-14)10-13-3-4-13/h12-14H,3-11,16H2,1-2H3. The summed E-state index contributed by atoms with van der Waals surface area (Å²) in [6.07, 6.45) is 8.28. The van der Waals surface area contributed by atoms with Crippen LogP contribution in [0.25, 0.3) is 0 Å². The summed E-state index contributed by atoms with van der Waals surface area (Å²) in [7, 11) is 2.26. The van der Waals surface area contributed by atoms with E-state index in [1.54, 1.807) is 0 Å². The Kier molecular flexibility index (Phi) is 3.41. The average molecular weight is 251 g/mol. The third-order valence-corrected chi connectivity index (χ3v) is 5.49. The van der Waals surface area contributed by atoms with Gasteiger partial charge in [0, 0.05) is 30.7 Å².